The minimum absolute atomic E-state index is 0.0676. The molecule has 9 heteroatoms. The van der Waals surface area contributed by atoms with Crippen molar-refractivity contribution in [3.05, 3.63) is 29.5 Å². The van der Waals surface area contributed by atoms with E-state index >= 15 is 0 Å². The molecule has 0 aliphatic rings. The highest BCUT2D eigenvalue weighted by molar-refractivity contribution is 7.99. The summed E-state index contributed by atoms with van der Waals surface area (Å²) in [5.41, 5.74) is 12.9. The Morgan fingerprint density at radius 2 is 1.96 bits per heavy atom. The van der Waals surface area contributed by atoms with Gasteiger partial charge >= 0.3 is 0 Å². The predicted octanol–water partition coefficient (Wildman–Crippen LogP) is 3.82. The number of furan rings is 1. The van der Waals surface area contributed by atoms with Gasteiger partial charge in [0.2, 0.25) is 0 Å². The SMILES string of the molecule is CC(C)C.CN(C)Sc1scc(N=C(N)C(N)=NCc2ccoc2)c1O. The first kappa shape index (κ1) is 22.1. The van der Waals surface area contributed by atoms with Gasteiger partial charge in [-0.3, -0.25) is 9.30 Å². The van der Waals surface area contributed by atoms with E-state index < -0.39 is 0 Å². The molecule has 0 radical (unpaired) electrons. The van der Waals surface area contributed by atoms with Gasteiger partial charge in [0.1, 0.15) is 9.90 Å². The molecule has 2 aromatic rings. The third kappa shape index (κ3) is 7.94. The van der Waals surface area contributed by atoms with Crippen molar-refractivity contribution in [3.63, 3.8) is 0 Å². The molecular weight excluding hydrogens is 370 g/mol. The van der Waals surface area contributed by atoms with Gasteiger partial charge in [-0.15, -0.1) is 11.3 Å². The van der Waals surface area contributed by atoms with E-state index in [1.807, 2.05) is 18.4 Å². The molecule has 0 aromatic carbocycles. The molecule has 0 saturated carbocycles. The molecule has 0 amide bonds. The van der Waals surface area contributed by atoms with Gasteiger partial charge < -0.3 is 21.0 Å². The summed E-state index contributed by atoms with van der Waals surface area (Å²) in [7, 11) is 3.78. The van der Waals surface area contributed by atoms with E-state index in [4.69, 9.17) is 15.9 Å². The molecule has 5 N–H and O–H groups in total. The quantitative estimate of drug-likeness (QED) is 0.401. The first-order valence-corrected chi connectivity index (χ1v) is 9.67. The molecule has 2 rings (SSSR count). The molecule has 0 spiro atoms. The predicted molar refractivity (Wildman–Crippen MR) is 111 cm³/mol. The van der Waals surface area contributed by atoms with Crippen LogP contribution in [0, 0.1) is 5.92 Å². The monoisotopic (exact) mass is 397 g/mol. The number of amidine groups is 2. The maximum absolute atomic E-state index is 10.1. The average Bonchev–Trinajstić information content (AvgIpc) is 3.16. The number of hydrogen-bond donors (Lipinski definition) is 3. The molecule has 0 bridgehead atoms. The van der Waals surface area contributed by atoms with Crippen molar-refractivity contribution in [2.75, 3.05) is 14.1 Å². The second-order valence-corrected chi connectivity index (χ2v) is 8.68. The fraction of sp³-hybridized carbons (Fsp3) is 0.412. The molecule has 2 aromatic heterocycles. The maximum Gasteiger partial charge on any atom is 0.167 e. The molecule has 0 unspecified atom stereocenters. The summed E-state index contributed by atoms with van der Waals surface area (Å²) in [4.78, 5) is 8.26. The van der Waals surface area contributed by atoms with E-state index in [1.54, 1.807) is 24.0 Å². The van der Waals surface area contributed by atoms with E-state index in [1.165, 1.54) is 23.3 Å². The van der Waals surface area contributed by atoms with Gasteiger partial charge in [-0.05, 0) is 38.0 Å². The summed E-state index contributed by atoms with van der Waals surface area (Å²) in [5.74, 6) is 1.11. The largest absolute Gasteiger partial charge is 0.504 e. The van der Waals surface area contributed by atoms with E-state index in [0.717, 1.165) is 15.7 Å². The topological polar surface area (TPSA) is 113 Å². The van der Waals surface area contributed by atoms with Crippen LogP contribution in [0.1, 0.15) is 26.3 Å². The lowest BCUT2D eigenvalue weighted by Gasteiger charge is -2.06. The van der Waals surface area contributed by atoms with Crippen molar-refractivity contribution >= 4 is 40.6 Å². The summed E-state index contributed by atoms with van der Waals surface area (Å²) >= 11 is 2.79. The highest BCUT2D eigenvalue weighted by atomic mass is 32.2. The highest BCUT2D eigenvalue weighted by Gasteiger charge is 2.13. The second kappa shape index (κ2) is 10.9. The van der Waals surface area contributed by atoms with Gasteiger partial charge in [0.05, 0.1) is 19.1 Å². The Morgan fingerprint density at radius 3 is 2.50 bits per heavy atom. The molecule has 0 aliphatic carbocycles. The summed E-state index contributed by atoms with van der Waals surface area (Å²) < 4.78 is 7.56. The van der Waals surface area contributed by atoms with E-state index in [2.05, 4.69) is 30.8 Å². The Balaban J connectivity index is 0.000000765. The van der Waals surface area contributed by atoms with Crippen LogP contribution in [0.5, 0.6) is 5.75 Å². The van der Waals surface area contributed by atoms with Gasteiger partial charge in [-0.25, -0.2) is 4.99 Å². The van der Waals surface area contributed by atoms with Crippen LogP contribution in [-0.4, -0.2) is 35.2 Å². The zero-order valence-corrected chi connectivity index (χ0v) is 17.4. The fourth-order valence-corrected chi connectivity index (χ4v) is 3.35. The number of nitrogens with zero attached hydrogens (tertiary/aromatic N) is 3. The zero-order chi connectivity index (χ0) is 19.7. The van der Waals surface area contributed by atoms with Crippen LogP contribution in [0.2, 0.25) is 0 Å². The standard InChI is InChI=1S/C13H17N5O2S2.C4H10/c1-18(2)22-13-10(19)9(7-21-13)17-12(15)11(14)16-5-8-3-4-20-6-8;1-4(2)3/h3-4,6-7,19H,5H2,1-2H3,(H2,14,16)(H2,15,17);4H,1-3H3. The maximum atomic E-state index is 10.1. The lowest BCUT2D eigenvalue weighted by atomic mass is 10.3. The minimum atomic E-state index is 0.0676. The summed E-state index contributed by atoms with van der Waals surface area (Å²) in [6.45, 7) is 6.86. The van der Waals surface area contributed by atoms with E-state index in [9.17, 15) is 5.11 Å². The molecule has 2 heterocycles. The fourth-order valence-electron chi connectivity index (χ4n) is 1.46. The highest BCUT2D eigenvalue weighted by Crippen LogP contribution is 2.43. The number of aromatic hydroxyl groups is 1. The van der Waals surface area contributed by atoms with E-state index in [0.29, 0.717) is 12.2 Å². The molecule has 26 heavy (non-hydrogen) atoms. The van der Waals surface area contributed by atoms with Gasteiger partial charge in [0.25, 0.3) is 0 Å². The Bertz CT molecular complexity index is 719. The van der Waals surface area contributed by atoms with Crippen molar-refractivity contribution in [1.82, 2.24) is 4.31 Å². The summed E-state index contributed by atoms with van der Waals surface area (Å²) in [6.07, 6.45) is 3.14. The molecule has 0 fully saturated rings. The van der Waals surface area contributed by atoms with Crippen molar-refractivity contribution < 1.29 is 9.52 Å². The first-order valence-electron chi connectivity index (χ1n) is 8.02. The molecule has 7 nitrogen and oxygen atoms in total. The molecule has 144 valence electrons. The zero-order valence-electron chi connectivity index (χ0n) is 15.8. The lowest BCUT2D eigenvalue weighted by molar-refractivity contribution is 0.468. The van der Waals surface area contributed by atoms with Crippen molar-refractivity contribution in [2.45, 2.75) is 31.5 Å². The molecule has 0 saturated heterocycles. The third-order valence-electron chi connectivity index (χ3n) is 2.49. The van der Waals surface area contributed by atoms with Crippen molar-refractivity contribution in [3.8, 4) is 5.75 Å². The van der Waals surface area contributed by atoms with Crippen LogP contribution in [0.25, 0.3) is 0 Å². The van der Waals surface area contributed by atoms with Crippen molar-refractivity contribution in [2.24, 2.45) is 27.4 Å². The number of thiophene rings is 1. The van der Waals surface area contributed by atoms with Crippen LogP contribution in [0.4, 0.5) is 5.69 Å². The van der Waals surface area contributed by atoms with Gasteiger partial charge in [0.15, 0.2) is 17.4 Å². The smallest absolute Gasteiger partial charge is 0.167 e. The van der Waals surface area contributed by atoms with Crippen LogP contribution in [-0.2, 0) is 6.54 Å². The van der Waals surface area contributed by atoms with Crippen molar-refractivity contribution in [1.29, 1.82) is 0 Å². The van der Waals surface area contributed by atoms with Gasteiger partial charge in [0, 0.05) is 10.9 Å². The molecule has 0 atom stereocenters. The Kier molecular flexibility index (Phi) is 9.25. The minimum Gasteiger partial charge on any atom is -0.504 e. The van der Waals surface area contributed by atoms with Crippen LogP contribution in [0.15, 0.2) is 42.6 Å². The third-order valence-corrected chi connectivity index (χ3v) is 4.48. The number of rotatable bonds is 5. The molecule has 0 aliphatic heterocycles. The van der Waals surface area contributed by atoms with Gasteiger partial charge in [-0.2, -0.15) is 0 Å². The second-order valence-electron chi connectivity index (χ2n) is 6.22. The number of hydrogen-bond acceptors (Lipinski definition) is 7. The Morgan fingerprint density at radius 1 is 1.31 bits per heavy atom. The lowest BCUT2D eigenvalue weighted by Crippen LogP contribution is -2.31. The number of nitrogens with two attached hydrogens (primary N) is 2. The Labute approximate surface area is 162 Å². The Hall–Kier alpha value is -1.97. The van der Waals surface area contributed by atoms with Crippen LogP contribution >= 0.6 is 23.3 Å². The normalized spacial score (nSPS) is 12.4. The van der Waals surface area contributed by atoms with E-state index in [-0.39, 0.29) is 17.4 Å². The average molecular weight is 398 g/mol. The molecular formula is C17H27N5O2S2. The summed E-state index contributed by atoms with van der Waals surface area (Å²) in [6, 6.07) is 1.79. The number of aliphatic imine (C=N–C) groups is 2. The first-order chi connectivity index (χ1) is 12.2. The summed E-state index contributed by atoms with van der Waals surface area (Å²) in [5, 5.41) is 11.8. The van der Waals surface area contributed by atoms with Crippen LogP contribution < -0.4 is 11.5 Å². The van der Waals surface area contributed by atoms with Gasteiger partial charge in [-0.1, -0.05) is 20.8 Å². The van der Waals surface area contributed by atoms with Crippen LogP contribution in [0.3, 0.4) is 0 Å².